The van der Waals surface area contributed by atoms with Crippen LogP contribution in [0.4, 0.5) is 0 Å². The number of carbonyl (C=O) groups is 1. The summed E-state index contributed by atoms with van der Waals surface area (Å²) < 4.78 is 26.2. The number of benzene rings is 1. The highest BCUT2D eigenvalue weighted by Gasteiger charge is 2.39. The first-order valence-corrected chi connectivity index (χ1v) is 8.56. The Hall–Kier alpha value is -2.32. The molecule has 0 bridgehead atoms. The van der Waals surface area contributed by atoms with Gasteiger partial charge in [0.05, 0.1) is 12.4 Å². The van der Waals surface area contributed by atoms with Gasteiger partial charge in [0.2, 0.25) is 10.0 Å². The molecule has 1 N–H and O–H groups in total. The normalized spacial score (nSPS) is 18.9. The zero-order valence-electron chi connectivity index (χ0n) is 12.2. The summed E-state index contributed by atoms with van der Waals surface area (Å²) in [4.78, 5) is 19.3. The fourth-order valence-corrected chi connectivity index (χ4v) is 4.14. The molecule has 2 heterocycles. The van der Waals surface area contributed by atoms with Gasteiger partial charge in [-0.15, -0.1) is 0 Å². The first-order chi connectivity index (χ1) is 11.0. The lowest BCUT2D eigenvalue weighted by molar-refractivity contribution is -0.140. The summed E-state index contributed by atoms with van der Waals surface area (Å²) in [7, 11) is -3.90. The molecule has 0 amide bonds. The second kappa shape index (κ2) is 6.05. The van der Waals surface area contributed by atoms with Crippen LogP contribution in [0.25, 0.3) is 11.4 Å². The fraction of sp³-hybridized carbons (Fsp3) is 0.267. The van der Waals surface area contributed by atoms with E-state index < -0.39 is 22.0 Å². The lowest BCUT2D eigenvalue weighted by atomic mass is 10.2. The average molecular weight is 333 g/mol. The Bertz CT molecular complexity index is 806. The summed E-state index contributed by atoms with van der Waals surface area (Å²) in [5, 5.41) is 9.15. The summed E-state index contributed by atoms with van der Waals surface area (Å²) in [6.07, 6.45) is 3.29. The largest absolute Gasteiger partial charge is 0.480 e. The van der Waals surface area contributed by atoms with Crippen molar-refractivity contribution in [1.82, 2.24) is 14.3 Å². The summed E-state index contributed by atoms with van der Waals surface area (Å²) in [5.41, 5.74) is 0.779. The van der Waals surface area contributed by atoms with Crippen molar-refractivity contribution in [2.45, 2.75) is 23.8 Å². The van der Waals surface area contributed by atoms with Crippen molar-refractivity contribution < 1.29 is 18.3 Å². The summed E-state index contributed by atoms with van der Waals surface area (Å²) in [6.45, 7) is 0.194. The lowest BCUT2D eigenvalue weighted by Gasteiger charge is -2.20. The van der Waals surface area contributed by atoms with Gasteiger partial charge in [-0.25, -0.2) is 18.4 Å². The van der Waals surface area contributed by atoms with Crippen LogP contribution in [-0.2, 0) is 14.8 Å². The number of rotatable bonds is 4. The van der Waals surface area contributed by atoms with Crippen LogP contribution in [0.2, 0.25) is 0 Å². The predicted octanol–water partition coefficient (Wildman–Crippen LogP) is 1.38. The van der Waals surface area contributed by atoms with E-state index in [9.17, 15) is 13.2 Å². The first kappa shape index (κ1) is 15.6. The number of carboxylic acid groups (broad SMARTS) is 1. The molecule has 1 aliphatic rings. The minimum atomic E-state index is -3.90. The maximum Gasteiger partial charge on any atom is 0.322 e. The van der Waals surface area contributed by atoms with Crippen molar-refractivity contribution in [2.75, 3.05) is 6.54 Å². The third-order valence-corrected chi connectivity index (χ3v) is 5.62. The van der Waals surface area contributed by atoms with Gasteiger partial charge >= 0.3 is 5.97 Å². The number of sulfonamides is 1. The van der Waals surface area contributed by atoms with Gasteiger partial charge in [0, 0.05) is 12.1 Å². The monoisotopic (exact) mass is 333 g/mol. The highest BCUT2D eigenvalue weighted by molar-refractivity contribution is 7.89. The van der Waals surface area contributed by atoms with Crippen molar-refractivity contribution in [3.8, 4) is 11.4 Å². The molecule has 7 nitrogen and oxygen atoms in total. The second-order valence-electron chi connectivity index (χ2n) is 5.22. The Balaban J connectivity index is 1.91. The quantitative estimate of drug-likeness (QED) is 0.907. The van der Waals surface area contributed by atoms with Crippen LogP contribution >= 0.6 is 0 Å². The number of hydrogen-bond acceptors (Lipinski definition) is 5. The lowest BCUT2D eigenvalue weighted by Crippen LogP contribution is -2.40. The van der Waals surface area contributed by atoms with E-state index in [1.807, 2.05) is 30.3 Å². The molecule has 1 unspecified atom stereocenters. The maximum absolute atomic E-state index is 12.6. The first-order valence-electron chi connectivity index (χ1n) is 7.12. The number of hydrogen-bond donors (Lipinski definition) is 1. The second-order valence-corrected chi connectivity index (χ2v) is 7.11. The molecule has 1 fully saturated rings. The Morgan fingerprint density at radius 2 is 1.83 bits per heavy atom. The zero-order valence-corrected chi connectivity index (χ0v) is 13.0. The van der Waals surface area contributed by atoms with Crippen LogP contribution in [0, 0.1) is 0 Å². The molecule has 0 saturated carbocycles. The molecule has 8 heteroatoms. The molecule has 0 radical (unpaired) electrons. The standard InChI is InChI=1S/C15H15N3O4S/c19-15(20)13-7-4-8-18(13)23(21,22)12-9-16-14(17-10-12)11-5-2-1-3-6-11/h1-3,5-6,9-10,13H,4,7-8H2,(H,19,20). The summed E-state index contributed by atoms with van der Waals surface area (Å²) >= 11 is 0. The molecular weight excluding hydrogens is 318 g/mol. The van der Waals surface area contributed by atoms with Gasteiger partial charge in [-0.2, -0.15) is 4.31 Å². The minimum absolute atomic E-state index is 0.0923. The molecular formula is C15H15N3O4S. The van der Waals surface area contributed by atoms with Gasteiger partial charge in [-0.1, -0.05) is 30.3 Å². The fourth-order valence-electron chi connectivity index (χ4n) is 2.60. The van der Waals surface area contributed by atoms with Crippen LogP contribution in [0.3, 0.4) is 0 Å². The summed E-state index contributed by atoms with van der Waals surface area (Å²) in [6, 6.07) is 8.17. The highest BCUT2D eigenvalue weighted by Crippen LogP contribution is 2.26. The van der Waals surface area contributed by atoms with Gasteiger partial charge in [0.15, 0.2) is 5.82 Å². The third kappa shape index (κ3) is 2.95. The molecule has 23 heavy (non-hydrogen) atoms. The van der Waals surface area contributed by atoms with Crippen molar-refractivity contribution in [2.24, 2.45) is 0 Å². The van der Waals surface area contributed by atoms with Gasteiger partial charge in [-0.05, 0) is 12.8 Å². The van der Waals surface area contributed by atoms with E-state index in [0.29, 0.717) is 18.7 Å². The Morgan fingerprint density at radius 1 is 1.17 bits per heavy atom. The highest BCUT2D eigenvalue weighted by atomic mass is 32.2. The Kier molecular flexibility index (Phi) is 4.10. The predicted molar refractivity (Wildman–Crippen MR) is 82.0 cm³/mol. The molecule has 1 aromatic heterocycles. The van der Waals surface area contributed by atoms with E-state index in [1.165, 1.54) is 12.4 Å². The van der Waals surface area contributed by atoms with Crippen molar-refractivity contribution >= 4 is 16.0 Å². The van der Waals surface area contributed by atoms with Gasteiger partial charge in [0.25, 0.3) is 0 Å². The van der Waals surface area contributed by atoms with E-state index in [-0.39, 0.29) is 11.4 Å². The minimum Gasteiger partial charge on any atom is -0.480 e. The SMILES string of the molecule is O=C(O)C1CCCN1S(=O)(=O)c1cnc(-c2ccccc2)nc1. The number of aliphatic carboxylic acids is 1. The van der Waals surface area contributed by atoms with E-state index in [4.69, 9.17) is 5.11 Å². The molecule has 0 aliphatic carbocycles. The smallest absolute Gasteiger partial charge is 0.322 e. The van der Waals surface area contributed by atoms with E-state index in [1.54, 1.807) is 0 Å². The van der Waals surface area contributed by atoms with Gasteiger partial charge in [-0.3, -0.25) is 4.79 Å². The third-order valence-electron chi connectivity index (χ3n) is 3.76. The topological polar surface area (TPSA) is 100 Å². The van der Waals surface area contributed by atoms with Crippen molar-refractivity contribution in [3.63, 3.8) is 0 Å². The summed E-state index contributed by atoms with van der Waals surface area (Å²) in [5.74, 6) is -0.714. The van der Waals surface area contributed by atoms with E-state index in [0.717, 1.165) is 9.87 Å². The molecule has 120 valence electrons. The van der Waals surface area contributed by atoms with Crippen LogP contribution < -0.4 is 0 Å². The molecule has 1 aromatic carbocycles. The van der Waals surface area contributed by atoms with Gasteiger partial charge < -0.3 is 5.11 Å². The van der Waals surface area contributed by atoms with Crippen molar-refractivity contribution in [1.29, 1.82) is 0 Å². The number of aromatic nitrogens is 2. The number of nitrogens with zero attached hydrogens (tertiary/aromatic N) is 3. The van der Waals surface area contributed by atoms with Crippen LogP contribution in [0.1, 0.15) is 12.8 Å². The Morgan fingerprint density at radius 3 is 2.43 bits per heavy atom. The number of carboxylic acids is 1. The molecule has 0 spiro atoms. The van der Waals surface area contributed by atoms with E-state index in [2.05, 4.69) is 9.97 Å². The van der Waals surface area contributed by atoms with Crippen molar-refractivity contribution in [3.05, 3.63) is 42.7 Å². The molecule has 1 atom stereocenters. The molecule has 1 saturated heterocycles. The average Bonchev–Trinajstić information content (AvgIpc) is 3.07. The maximum atomic E-state index is 12.6. The molecule has 1 aliphatic heterocycles. The molecule has 2 aromatic rings. The van der Waals surface area contributed by atoms with Crippen LogP contribution in [0.15, 0.2) is 47.6 Å². The van der Waals surface area contributed by atoms with Crippen LogP contribution in [-0.4, -0.2) is 46.4 Å². The van der Waals surface area contributed by atoms with E-state index >= 15 is 0 Å². The Labute approximate surface area is 133 Å². The van der Waals surface area contributed by atoms with Gasteiger partial charge in [0.1, 0.15) is 10.9 Å². The zero-order chi connectivity index (χ0) is 16.4. The van der Waals surface area contributed by atoms with Crippen LogP contribution in [0.5, 0.6) is 0 Å². The molecule has 3 rings (SSSR count).